The number of carbonyl (C=O) groups excluding carboxylic acids is 1. The number of nitrogens with one attached hydrogen (secondary N) is 2. The number of nitrogens with zero attached hydrogens (tertiary/aromatic N) is 3. The van der Waals surface area contributed by atoms with Gasteiger partial charge in [-0.25, -0.2) is 9.78 Å². The quantitative estimate of drug-likeness (QED) is 0.528. The van der Waals surface area contributed by atoms with E-state index < -0.39 is 5.69 Å². The molecule has 1 aromatic carbocycles. The van der Waals surface area contributed by atoms with Crippen molar-refractivity contribution in [3.05, 3.63) is 69.1 Å². The summed E-state index contributed by atoms with van der Waals surface area (Å²) in [6.45, 7) is 0.915. The molecule has 0 radical (unpaired) electrons. The molecule has 0 saturated carbocycles. The van der Waals surface area contributed by atoms with Crippen molar-refractivity contribution in [2.75, 3.05) is 20.2 Å². The molecule has 4 aromatic rings. The van der Waals surface area contributed by atoms with Crippen molar-refractivity contribution < 1.29 is 9.53 Å². The number of hydrogen-bond acceptors (Lipinski definition) is 5. The summed E-state index contributed by atoms with van der Waals surface area (Å²) >= 11 is 0. The lowest BCUT2D eigenvalue weighted by molar-refractivity contribution is 0.0687. The second-order valence-electron chi connectivity index (χ2n) is 7.66. The van der Waals surface area contributed by atoms with Gasteiger partial charge in [-0.1, -0.05) is 0 Å². The second-order valence-corrected chi connectivity index (χ2v) is 7.66. The van der Waals surface area contributed by atoms with Gasteiger partial charge in [-0.2, -0.15) is 0 Å². The first kappa shape index (κ1) is 19.1. The number of piperidine rings is 1. The first-order chi connectivity index (χ1) is 15.0. The Morgan fingerprint density at radius 1 is 1.13 bits per heavy atom. The monoisotopic (exact) mass is 419 g/mol. The number of rotatable bonds is 3. The van der Waals surface area contributed by atoms with Gasteiger partial charge in [-0.05, 0) is 43.2 Å². The Morgan fingerprint density at radius 2 is 1.94 bits per heavy atom. The van der Waals surface area contributed by atoms with Gasteiger partial charge in [0.2, 0.25) is 0 Å². The van der Waals surface area contributed by atoms with Gasteiger partial charge in [-0.3, -0.25) is 19.1 Å². The summed E-state index contributed by atoms with van der Waals surface area (Å²) in [6, 6.07) is 10.5. The molecule has 0 spiro atoms. The predicted molar refractivity (Wildman–Crippen MR) is 116 cm³/mol. The summed E-state index contributed by atoms with van der Waals surface area (Å²) in [6.07, 6.45) is 2.58. The third-order valence-electron chi connectivity index (χ3n) is 5.88. The standard InChI is InChI=1S/C22H21N5O4/c1-31-15-5-4-13-11-18(24-17(13)12-15)21(29)26-9-6-14(7-10-26)27-20(28)16-3-2-8-23-19(16)25-22(27)30/h2-5,8,11-12,14,24H,6-7,9-10H2,1H3,(H,23,25,30). The summed E-state index contributed by atoms with van der Waals surface area (Å²) in [7, 11) is 1.60. The number of ether oxygens (including phenoxy) is 1. The fourth-order valence-electron chi connectivity index (χ4n) is 4.24. The Kier molecular flexibility index (Phi) is 4.58. The van der Waals surface area contributed by atoms with Crippen LogP contribution in [0.15, 0.2) is 52.2 Å². The SMILES string of the molecule is COc1ccc2cc(C(=O)N3CCC(n4c(=O)[nH]c5ncccc5c4=O)CC3)[nH]c2c1. The Labute approximate surface area is 176 Å². The molecule has 158 valence electrons. The summed E-state index contributed by atoms with van der Waals surface area (Å²) in [5, 5.41) is 1.32. The fourth-order valence-corrected chi connectivity index (χ4v) is 4.24. The molecule has 1 amide bonds. The summed E-state index contributed by atoms with van der Waals surface area (Å²) in [5.74, 6) is 0.619. The molecule has 3 aromatic heterocycles. The largest absolute Gasteiger partial charge is 0.497 e. The molecule has 4 heterocycles. The van der Waals surface area contributed by atoms with Crippen LogP contribution >= 0.6 is 0 Å². The van der Waals surface area contributed by atoms with Crippen molar-refractivity contribution in [3.8, 4) is 5.75 Å². The zero-order valence-electron chi connectivity index (χ0n) is 16.9. The van der Waals surface area contributed by atoms with E-state index in [1.807, 2.05) is 24.3 Å². The van der Waals surface area contributed by atoms with Gasteiger partial charge in [0, 0.05) is 42.3 Å². The van der Waals surface area contributed by atoms with E-state index in [0.717, 1.165) is 16.7 Å². The average Bonchev–Trinajstić information content (AvgIpc) is 3.22. The van der Waals surface area contributed by atoms with Crippen LogP contribution < -0.4 is 16.0 Å². The number of carbonyl (C=O) groups is 1. The third-order valence-corrected chi connectivity index (χ3v) is 5.88. The van der Waals surface area contributed by atoms with Gasteiger partial charge < -0.3 is 14.6 Å². The fraction of sp³-hybridized carbons (Fsp3) is 0.273. The van der Waals surface area contributed by atoms with Crippen LogP contribution in [-0.2, 0) is 0 Å². The van der Waals surface area contributed by atoms with Crippen molar-refractivity contribution in [2.24, 2.45) is 0 Å². The molecule has 5 rings (SSSR count). The highest BCUT2D eigenvalue weighted by Gasteiger charge is 2.27. The number of methoxy groups -OCH3 is 1. The van der Waals surface area contributed by atoms with E-state index in [4.69, 9.17) is 4.74 Å². The van der Waals surface area contributed by atoms with Crippen molar-refractivity contribution in [1.82, 2.24) is 24.4 Å². The smallest absolute Gasteiger partial charge is 0.330 e. The number of amides is 1. The number of pyridine rings is 1. The first-order valence-electron chi connectivity index (χ1n) is 10.1. The normalized spacial score (nSPS) is 14.9. The molecular formula is C22H21N5O4. The van der Waals surface area contributed by atoms with Crippen molar-refractivity contribution >= 4 is 27.8 Å². The number of hydrogen-bond donors (Lipinski definition) is 2. The minimum absolute atomic E-state index is 0.0995. The van der Waals surface area contributed by atoms with Gasteiger partial charge in [0.1, 0.15) is 17.1 Å². The van der Waals surface area contributed by atoms with Crippen molar-refractivity contribution in [3.63, 3.8) is 0 Å². The molecule has 0 atom stereocenters. The Balaban J connectivity index is 1.36. The zero-order chi connectivity index (χ0) is 21.5. The van der Waals surface area contributed by atoms with Gasteiger partial charge in [0.05, 0.1) is 12.5 Å². The van der Waals surface area contributed by atoms with Crippen molar-refractivity contribution in [1.29, 1.82) is 0 Å². The highest BCUT2D eigenvalue weighted by atomic mass is 16.5. The van der Waals surface area contributed by atoms with Crippen LogP contribution in [0.3, 0.4) is 0 Å². The molecule has 1 fully saturated rings. The first-order valence-corrected chi connectivity index (χ1v) is 10.1. The van der Waals surface area contributed by atoms with Gasteiger partial charge >= 0.3 is 5.69 Å². The summed E-state index contributed by atoms with van der Waals surface area (Å²) in [5.41, 5.74) is 0.817. The number of fused-ring (bicyclic) bond motifs is 2. The van der Waals surface area contributed by atoms with E-state index in [1.54, 1.807) is 24.1 Å². The number of likely N-dealkylation sites (tertiary alicyclic amines) is 1. The Morgan fingerprint density at radius 3 is 2.71 bits per heavy atom. The molecule has 2 N–H and O–H groups in total. The number of benzene rings is 1. The van der Waals surface area contributed by atoms with Gasteiger partial charge in [0.25, 0.3) is 11.5 Å². The van der Waals surface area contributed by atoms with Crippen LogP contribution in [0.25, 0.3) is 21.9 Å². The lowest BCUT2D eigenvalue weighted by atomic mass is 10.0. The molecule has 1 aliphatic heterocycles. The van der Waals surface area contributed by atoms with Crippen LogP contribution in [0.4, 0.5) is 0 Å². The molecule has 9 heteroatoms. The molecule has 0 bridgehead atoms. The molecule has 1 aliphatic rings. The highest BCUT2D eigenvalue weighted by Crippen LogP contribution is 2.25. The van der Waals surface area contributed by atoms with E-state index in [9.17, 15) is 14.4 Å². The molecule has 1 saturated heterocycles. The van der Waals surface area contributed by atoms with Gasteiger partial charge in [-0.15, -0.1) is 0 Å². The van der Waals surface area contributed by atoms with Crippen LogP contribution in [0.5, 0.6) is 5.75 Å². The summed E-state index contributed by atoms with van der Waals surface area (Å²) < 4.78 is 6.50. The third kappa shape index (κ3) is 3.27. The van der Waals surface area contributed by atoms with E-state index in [0.29, 0.717) is 37.0 Å². The molecule has 9 nitrogen and oxygen atoms in total. The number of aromatic amines is 2. The topological polar surface area (TPSA) is 113 Å². The Hall–Kier alpha value is -3.88. The minimum atomic E-state index is -0.467. The van der Waals surface area contributed by atoms with E-state index >= 15 is 0 Å². The highest BCUT2D eigenvalue weighted by molar-refractivity contribution is 5.98. The minimum Gasteiger partial charge on any atom is -0.497 e. The zero-order valence-corrected chi connectivity index (χ0v) is 16.9. The van der Waals surface area contributed by atoms with Crippen LogP contribution in [-0.4, -0.2) is 50.5 Å². The van der Waals surface area contributed by atoms with Crippen molar-refractivity contribution in [2.45, 2.75) is 18.9 Å². The lowest BCUT2D eigenvalue weighted by Crippen LogP contribution is -2.45. The molecule has 0 unspecified atom stereocenters. The average molecular weight is 419 g/mol. The number of aromatic nitrogens is 4. The van der Waals surface area contributed by atoms with Crippen LogP contribution in [0, 0.1) is 0 Å². The maximum atomic E-state index is 13.0. The van der Waals surface area contributed by atoms with E-state index in [-0.39, 0.29) is 23.2 Å². The predicted octanol–water partition coefficient (Wildman–Crippen LogP) is 2.05. The van der Waals surface area contributed by atoms with E-state index in [1.165, 1.54) is 10.8 Å². The van der Waals surface area contributed by atoms with Crippen LogP contribution in [0.1, 0.15) is 29.4 Å². The second kappa shape index (κ2) is 7.42. The molecule has 0 aliphatic carbocycles. The number of H-pyrrole nitrogens is 2. The van der Waals surface area contributed by atoms with Crippen LogP contribution in [0.2, 0.25) is 0 Å². The van der Waals surface area contributed by atoms with E-state index in [2.05, 4.69) is 15.0 Å². The summed E-state index contributed by atoms with van der Waals surface area (Å²) in [4.78, 5) is 50.0. The Bertz CT molecular complexity index is 1410. The van der Waals surface area contributed by atoms with Gasteiger partial charge in [0.15, 0.2) is 0 Å². The lowest BCUT2D eigenvalue weighted by Gasteiger charge is -2.32. The maximum absolute atomic E-state index is 13.0. The maximum Gasteiger partial charge on any atom is 0.330 e. The molecule has 31 heavy (non-hydrogen) atoms. The molecular weight excluding hydrogens is 398 g/mol.